The molecule has 0 bridgehead atoms. The summed E-state index contributed by atoms with van der Waals surface area (Å²) in [6.45, 7) is 3.47. The molecule has 27 heavy (non-hydrogen) atoms. The van der Waals surface area contributed by atoms with E-state index < -0.39 is 23.5 Å². The molecule has 1 aromatic carbocycles. The Morgan fingerprint density at radius 1 is 1.33 bits per heavy atom. The molecule has 0 saturated heterocycles. The van der Waals surface area contributed by atoms with Gasteiger partial charge >= 0.3 is 5.97 Å². The number of halogens is 1. The molecule has 3 aromatic rings. The van der Waals surface area contributed by atoms with E-state index in [1.165, 1.54) is 22.2 Å². The van der Waals surface area contributed by atoms with Crippen LogP contribution in [0.2, 0.25) is 5.02 Å². The van der Waals surface area contributed by atoms with Gasteiger partial charge in [-0.1, -0.05) is 11.6 Å². The van der Waals surface area contributed by atoms with Crippen molar-refractivity contribution in [1.29, 1.82) is 0 Å². The quantitative estimate of drug-likeness (QED) is 0.656. The maximum atomic E-state index is 12.9. The molecule has 0 aliphatic carbocycles. The topological polar surface area (TPSA) is 90.3 Å². The van der Waals surface area contributed by atoms with Crippen LogP contribution in [0.15, 0.2) is 40.8 Å². The SMILES string of the molecule is CCOC(=O)c1csc2ncn(C(C)C(=O)Nc3ccc(Cl)cc3)c(=O)c12. The number of carbonyl (C=O) groups is 2. The van der Waals surface area contributed by atoms with Crippen molar-refractivity contribution in [3.05, 3.63) is 56.9 Å². The number of nitrogens with zero attached hydrogens (tertiary/aromatic N) is 2. The van der Waals surface area contributed by atoms with Crippen molar-refractivity contribution in [3.63, 3.8) is 0 Å². The number of benzene rings is 1. The van der Waals surface area contributed by atoms with Gasteiger partial charge in [0.2, 0.25) is 5.91 Å². The van der Waals surface area contributed by atoms with Gasteiger partial charge in [-0.25, -0.2) is 9.78 Å². The second-order valence-electron chi connectivity index (χ2n) is 5.68. The smallest absolute Gasteiger partial charge is 0.339 e. The van der Waals surface area contributed by atoms with Gasteiger partial charge in [0.05, 0.1) is 23.9 Å². The Bertz CT molecular complexity index is 1060. The average molecular weight is 406 g/mol. The number of ether oxygens (including phenoxy) is 1. The van der Waals surface area contributed by atoms with Gasteiger partial charge in [0.15, 0.2) is 0 Å². The number of hydrogen-bond acceptors (Lipinski definition) is 6. The molecule has 3 rings (SSSR count). The summed E-state index contributed by atoms with van der Waals surface area (Å²) >= 11 is 7.01. The van der Waals surface area contributed by atoms with E-state index in [4.69, 9.17) is 16.3 Å². The lowest BCUT2D eigenvalue weighted by atomic mass is 10.2. The maximum Gasteiger partial charge on any atom is 0.339 e. The molecular weight excluding hydrogens is 390 g/mol. The lowest BCUT2D eigenvalue weighted by molar-refractivity contribution is -0.118. The molecule has 1 N–H and O–H groups in total. The number of esters is 1. The molecule has 140 valence electrons. The Morgan fingerprint density at radius 3 is 2.70 bits per heavy atom. The number of hydrogen-bond donors (Lipinski definition) is 1. The van der Waals surface area contributed by atoms with Crippen LogP contribution >= 0.6 is 22.9 Å². The third kappa shape index (κ3) is 3.86. The van der Waals surface area contributed by atoms with Crippen molar-refractivity contribution < 1.29 is 14.3 Å². The molecular formula is C18H16ClN3O4S. The van der Waals surface area contributed by atoms with Gasteiger partial charge < -0.3 is 10.1 Å². The fourth-order valence-corrected chi connectivity index (χ4v) is 3.48. The number of fused-ring (bicyclic) bond motifs is 1. The van der Waals surface area contributed by atoms with Crippen LogP contribution in [0.4, 0.5) is 5.69 Å². The molecule has 2 aromatic heterocycles. The molecule has 1 unspecified atom stereocenters. The van der Waals surface area contributed by atoms with Crippen molar-refractivity contribution in [3.8, 4) is 0 Å². The van der Waals surface area contributed by atoms with Gasteiger partial charge in [0, 0.05) is 16.1 Å². The van der Waals surface area contributed by atoms with Crippen molar-refractivity contribution in [2.75, 3.05) is 11.9 Å². The van der Waals surface area contributed by atoms with Crippen molar-refractivity contribution in [2.24, 2.45) is 0 Å². The van der Waals surface area contributed by atoms with Gasteiger partial charge in [-0.3, -0.25) is 14.2 Å². The first-order valence-corrected chi connectivity index (χ1v) is 9.40. The van der Waals surface area contributed by atoms with Crippen molar-refractivity contribution in [1.82, 2.24) is 9.55 Å². The summed E-state index contributed by atoms with van der Waals surface area (Å²) in [6, 6.07) is 5.79. The Balaban J connectivity index is 1.93. The summed E-state index contributed by atoms with van der Waals surface area (Å²) in [5.74, 6) is -0.979. The van der Waals surface area contributed by atoms with Crippen LogP contribution in [-0.2, 0) is 9.53 Å². The Morgan fingerprint density at radius 2 is 2.04 bits per heavy atom. The molecule has 7 nitrogen and oxygen atoms in total. The molecule has 0 saturated carbocycles. The first-order valence-electron chi connectivity index (χ1n) is 8.14. The third-order valence-corrected chi connectivity index (χ3v) is 5.06. The molecule has 0 fully saturated rings. The van der Waals surface area contributed by atoms with Crippen molar-refractivity contribution in [2.45, 2.75) is 19.9 Å². The molecule has 2 heterocycles. The largest absolute Gasteiger partial charge is 0.462 e. The van der Waals surface area contributed by atoms with E-state index in [0.717, 1.165) is 0 Å². The van der Waals surface area contributed by atoms with E-state index in [0.29, 0.717) is 15.5 Å². The van der Waals surface area contributed by atoms with Crippen LogP contribution in [0.5, 0.6) is 0 Å². The number of thiophene rings is 1. The highest BCUT2D eigenvalue weighted by Crippen LogP contribution is 2.22. The zero-order valence-corrected chi connectivity index (χ0v) is 16.1. The van der Waals surface area contributed by atoms with Crippen LogP contribution in [-0.4, -0.2) is 28.0 Å². The van der Waals surface area contributed by atoms with E-state index in [1.54, 1.807) is 43.5 Å². The predicted octanol–water partition coefficient (Wildman–Crippen LogP) is 3.49. The summed E-state index contributed by atoms with van der Waals surface area (Å²) in [4.78, 5) is 42.1. The Kier molecular flexibility index (Phi) is 5.57. The second kappa shape index (κ2) is 7.89. The standard InChI is InChI=1S/C18H16ClN3O4S/c1-3-26-18(25)13-8-27-16-14(13)17(24)22(9-20-16)10(2)15(23)21-12-6-4-11(19)5-7-12/h4-10H,3H2,1-2H3,(H,21,23). The molecule has 0 radical (unpaired) electrons. The molecule has 1 amide bonds. The van der Waals surface area contributed by atoms with Gasteiger partial charge in [-0.15, -0.1) is 11.3 Å². The molecule has 9 heteroatoms. The molecule has 0 aliphatic rings. The van der Waals surface area contributed by atoms with Crippen LogP contribution in [0.25, 0.3) is 10.2 Å². The lowest BCUT2D eigenvalue weighted by Gasteiger charge is -2.15. The van der Waals surface area contributed by atoms with E-state index in [-0.39, 0.29) is 17.6 Å². The summed E-state index contributed by atoms with van der Waals surface area (Å²) in [7, 11) is 0. The predicted molar refractivity (Wildman–Crippen MR) is 105 cm³/mol. The van der Waals surface area contributed by atoms with Gasteiger partial charge in [0.1, 0.15) is 10.9 Å². The first kappa shape index (κ1) is 19.1. The zero-order valence-electron chi connectivity index (χ0n) is 14.6. The normalized spacial score (nSPS) is 12.0. The molecule has 1 atom stereocenters. The zero-order chi connectivity index (χ0) is 19.6. The Labute approximate surface area is 163 Å². The van der Waals surface area contributed by atoms with Crippen molar-refractivity contribution >= 4 is 50.7 Å². The number of aromatic nitrogens is 2. The first-order chi connectivity index (χ1) is 12.9. The molecule has 0 spiro atoms. The van der Waals surface area contributed by atoms with Crippen LogP contribution in [0.1, 0.15) is 30.2 Å². The monoisotopic (exact) mass is 405 g/mol. The molecule has 0 aliphatic heterocycles. The second-order valence-corrected chi connectivity index (χ2v) is 6.97. The number of amides is 1. The number of nitrogens with one attached hydrogen (secondary N) is 1. The van der Waals surface area contributed by atoms with Gasteiger partial charge in [-0.2, -0.15) is 0 Å². The minimum Gasteiger partial charge on any atom is -0.462 e. The Hall–Kier alpha value is -2.71. The summed E-state index contributed by atoms with van der Waals surface area (Å²) in [6.07, 6.45) is 1.31. The third-order valence-electron chi connectivity index (χ3n) is 3.92. The van der Waals surface area contributed by atoms with Gasteiger partial charge in [0.25, 0.3) is 5.56 Å². The summed E-state index contributed by atoms with van der Waals surface area (Å²) < 4.78 is 6.19. The lowest BCUT2D eigenvalue weighted by Crippen LogP contribution is -2.32. The highest BCUT2D eigenvalue weighted by Gasteiger charge is 2.22. The van der Waals surface area contributed by atoms with Gasteiger partial charge in [-0.05, 0) is 38.1 Å². The van der Waals surface area contributed by atoms with Crippen LogP contribution in [0, 0.1) is 0 Å². The minimum absolute atomic E-state index is 0.159. The summed E-state index contributed by atoms with van der Waals surface area (Å²) in [5.41, 5.74) is 0.248. The highest BCUT2D eigenvalue weighted by molar-refractivity contribution is 7.17. The van der Waals surface area contributed by atoms with Crippen LogP contribution in [0.3, 0.4) is 0 Å². The number of anilines is 1. The highest BCUT2D eigenvalue weighted by atomic mass is 35.5. The number of rotatable bonds is 5. The van der Waals surface area contributed by atoms with E-state index in [9.17, 15) is 14.4 Å². The minimum atomic E-state index is -0.833. The maximum absolute atomic E-state index is 12.9. The fourth-order valence-electron chi connectivity index (χ4n) is 2.49. The van der Waals surface area contributed by atoms with E-state index >= 15 is 0 Å². The summed E-state index contributed by atoms with van der Waals surface area (Å²) in [5, 5.41) is 4.97. The number of carbonyl (C=O) groups excluding carboxylic acids is 2. The average Bonchev–Trinajstić information content (AvgIpc) is 3.09. The van der Waals surface area contributed by atoms with E-state index in [1.807, 2.05) is 0 Å². The van der Waals surface area contributed by atoms with E-state index in [2.05, 4.69) is 10.3 Å². The fraction of sp³-hybridized carbons (Fsp3) is 0.222. The van der Waals surface area contributed by atoms with Crippen LogP contribution < -0.4 is 10.9 Å².